The number of aromatic amines is 1. The molecular weight excluding hydrogens is 386 g/mol. The second kappa shape index (κ2) is 7.36. The van der Waals surface area contributed by atoms with Gasteiger partial charge in [0.1, 0.15) is 0 Å². The molecule has 0 unspecified atom stereocenters. The van der Waals surface area contributed by atoms with E-state index in [4.69, 9.17) is 0 Å². The van der Waals surface area contributed by atoms with Gasteiger partial charge in [0.05, 0.1) is 10.6 Å². The van der Waals surface area contributed by atoms with Gasteiger partial charge in [0.15, 0.2) is 0 Å². The number of H-pyrrole nitrogens is 1. The van der Waals surface area contributed by atoms with E-state index in [1.807, 2.05) is 0 Å². The predicted octanol–water partition coefficient (Wildman–Crippen LogP) is 3.67. The average molecular weight is 405 g/mol. The summed E-state index contributed by atoms with van der Waals surface area (Å²) in [7, 11) is 0. The van der Waals surface area contributed by atoms with Crippen molar-refractivity contribution in [1.29, 1.82) is 0 Å². The summed E-state index contributed by atoms with van der Waals surface area (Å²) in [6.07, 6.45) is 7.53. The number of para-hydroxylation sites is 1. The standard InChI is InChI=1S/C21H19N5O2S/c27-19-18(29-21(28)25-19)11-14-5-8-22-20(24-14)26-9-6-13(7-10-26)16-12-23-17-4-2-1-3-15(16)17/h1-5,8,11-13,23H,6-7,9-10H2,(H,25,27,28)/b18-11-. The number of benzene rings is 1. The van der Waals surface area contributed by atoms with Crippen LogP contribution in [0, 0.1) is 0 Å². The van der Waals surface area contributed by atoms with Crippen molar-refractivity contribution in [3.05, 3.63) is 58.9 Å². The number of nitrogens with one attached hydrogen (secondary N) is 2. The average Bonchev–Trinajstić information content (AvgIpc) is 3.31. The van der Waals surface area contributed by atoms with Gasteiger partial charge in [-0.3, -0.25) is 14.9 Å². The van der Waals surface area contributed by atoms with E-state index < -0.39 is 0 Å². The summed E-state index contributed by atoms with van der Waals surface area (Å²) in [5.41, 5.74) is 3.19. The number of piperidine rings is 1. The van der Waals surface area contributed by atoms with Crippen molar-refractivity contribution in [3.8, 4) is 0 Å². The number of hydrogen-bond acceptors (Lipinski definition) is 6. The van der Waals surface area contributed by atoms with Crippen molar-refractivity contribution in [2.75, 3.05) is 18.0 Å². The number of hydrogen-bond donors (Lipinski definition) is 2. The van der Waals surface area contributed by atoms with Crippen LogP contribution in [0.15, 0.2) is 47.6 Å². The Morgan fingerprint density at radius 2 is 1.97 bits per heavy atom. The molecule has 1 aromatic carbocycles. The Kier molecular flexibility index (Phi) is 4.55. The number of thioether (sulfide) groups is 1. The number of fused-ring (bicyclic) bond motifs is 1. The van der Waals surface area contributed by atoms with Gasteiger partial charge in [-0.1, -0.05) is 18.2 Å². The van der Waals surface area contributed by atoms with Crippen LogP contribution in [0.5, 0.6) is 0 Å². The van der Waals surface area contributed by atoms with E-state index in [0.717, 1.165) is 37.7 Å². The summed E-state index contributed by atoms with van der Waals surface area (Å²) in [5, 5.41) is 3.21. The minimum Gasteiger partial charge on any atom is -0.361 e. The summed E-state index contributed by atoms with van der Waals surface area (Å²) in [6, 6.07) is 10.2. The van der Waals surface area contributed by atoms with Gasteiger partial charge in [-0.25, -0.2) is 9.97 Å². The highest BCUT2D eigenvalue weighted by Gasteiger charge is 2.26. The molecule has 2 fully saturated rings. The molecule has 2 aliphatic rings. The first-order chi connectivity index (χ1) is 14.2. The maximum Gasteiger partial charge on any atom is 0.290 e. The van der Waals surface area contributed by atoms with E-state index >= 15 is 0 Å². The van der Waals surface area contributed by atoms with Crippen molar-refractivity contribution >= 4 is 45.8 Å². The van der Waals surface area contributed by atoms with Crippen LogP contribution in [0.2, 0.25) is 0 Å². The summed E-state index contributed by atoms with van der Waals surface area (Å²) >= 11 is 0.894. The van der Waals surface area contributed by atoms with Crippen molar-refractivity contribution in [2.24, 2.45) is 0 Å². The molecule has 0 bridgehead atoms. The van der Waals surface area contributed by atoms with Gasteiger partial charge in [0.25, 0.3) is 11.1 Å². The zero-order chi connectivity index (χ0) is 19.8. The summed E-state index contributed by atoms with van der Waals surface area (Å²) < 4.78 is 0. The monoisotopic (exact) mass is 405 g/mol. The maximum atomic E-state index is 11.7. The van der Waals surface area contributed by atoms with Crippen LogP contribution in [0.3, 0.4) is 0 Å². The third kappa shape index (κ3) is 3.51. The second-order valence-electron chi connectivity index (χ2n) is 7.18. The van der Waals surface area contributed by atoms with E-state index in [2.05, 4.69) is 55.6 Å². The highest BCUT2D eigenvalue weighted by atomic mass is 32.2. The number of amides is 2. The number of rotatable bonds is 3. The quantitative estimate of drug-likeness (QED) is 0.646. The number of anilines is 1. The molecule has 2 aromatic heterocycles. The first kappa shape index (κ1) is 17.9. The first-order valence-corrected chi connectivity index (χ1v) is 10.4. The van der Waals surface area contributed by atoms with Crippen LogP contribution in [0.4, 0.5) is 10.7 Å². The van der Waals surface area contributed by atoms with Gasteiger partial charge < -0.3 is 9.88 Å². The molecule has 0 saturated carbocycles. The molecule has 2 amide bonds. The van der Waals surface area contributed by atoms with Crippen LogP contribution in [0.25, 0.3) is 17.0 Å². The van der Waals surface area contributed by atoms with Gasteiger partial charge in [0.2, 0.25) is 5.95 Å². The third-order valence-electron chi connectivity index (χ3n) is 5.42. The van der Waals surface area contributed by atoms with Crippen molar-refractivity contribution < 1.29 is 9.59 Å². The number of nitrogens with zero attached hydrogens (tertiary/aromatic N) is 3. The van der Waals surface area contributed by atoms with Gasteiger partial charge in [0, 0.05) is 36.4 Å². The molecule has 29 heavy (non-hydrogen) atoms. The van der Waals surface area contributed by atoms with Gasteiger partial charge in [-0.15, -0.1) is 0 Å². The molecule has 4 heterocycles. The maximum absolute atomic E-state index is 11.7. The highest BCUT2D eigenvalue weighted by Crippen LogP contribution is 2.34. The second-order valence-corrected chi connectivity index (χ2v) is 8.20. The van der Waals surface area contributed by atoms with Gasteiger partial charge in [-0.2, -0.15) is 0 Å². The van der Waals surface area contributed by atoms with E-state index in [9.17, 15) is 9.59 Å². The number of imide groups is 1. The molecule has 3 aromatic rings. The molecule has 146 valence electrons. The molecule has 0 aliphatic carbocycles. The first-order valence-electron chi connectivity index (χ1n) is 9.56. The van der Waals surface area contributed by atoms with E-state index in [0.29, 0.717) is 22.5 Å². The summed E-state index contributed by atoms with van der Waals surface area (Å²) in [6.45, 7) is 1.75. The Hall–Kier alpha value is -3.13. The molecule has 2 aliphatic heterocycles. The van der Waals surface area contributed by atoms with Crippen LogP contribution in [-0.4, -0.2) is 39.2 Å². The third-order valence-corrected chi connectivity index (χ3v) is 6.23. The molecule has 2 saturated heterocycles. The van der Waals surface area contributed by atoms with Crippen molar-refractivity contribution in [2.45, 2.75) is 18.8 Å². The van der Waals surface area contributed by atoms with Gasteiger partial charge >= 0.3 is 0 Å². The van der Waals surface area contributed by atoms with Crippen LogP contribution >= 0.6 is 11.8 Å². The SMILES string of the molecule is O=C1NC(=O)/C(=C/c2ccnc(N3CCC(c4c[nH]c5ccccc45)CC3)n2)S1. The lowest BCUT2D eigenvalue weighted by Crippen LogP contribution is -2.34. The molecular formula is C21H19N5O2S. The zero-order valence-electron chi connectivity index (χ0n) is 15.6. The fraction of sp³-hybridized carbons (Fsp3) is 0.238. The topological polar surface area (TPSA) is 91.0 Å². The summed E-state index contributed by atoms with van der Waals surface area (Å²) in [5.74, 6) is 0.795. The van der Waals surface area contributed by atoms with Crippen LogP contribution in [0.1, 0.15) is 30.0 Å². The van der Waals surface area contributed by atoms with E-state index in [1.54, 1.807) is 18.3 Å². The molecule has 0 radical (unpaired) electrons. The highest BCUT2D eigenvalue weighted by molar-refractivity contribution is 8.18. The zero-order valence-corrected chi connectivity index (χ0v) is 16.4. The molecule has 5 rings (SSSR count). The minimum atomic E-state index is -0.375. The normalized spacial score (nSPS) is 19.3. The Balaban J connectivity index is 1.30. The predicted molar refractivity (Wildman–Crippen MR) is 114 cm³/mol. The Morgan fingerprint density at radius 1 is 1.14 bits per heavy atom. The number of aromatic nitrogens is 3. The fourth-order valence-electron chi connectivity index (χ4n) is 3.97. The lowest BCUT2D eigenvalue weighted by molar-refractivity contribution is -0.115. The lowest BCUT2D eigenvalue weighted by atomic mass is 9.89. The minimum absolute atomic E-state index is 0.352. The summed E-state index contributed by atoms with van der Waals surface area (Å²) in [4.78, 5) is 38.0. The number of carbonyl (C=O) groups is 2. The molecule has 0 atom stereocenters. The molecule has 8 heteroatoms. The molecule has 2 N–H and O–H groups in total. The van der Waals surface area contributed by atoms with Crippen molar-refractivity contribution in [3.63, 3.8) is 0 Å². The van der Waals surface area contributed by atoms with Gasteiger partial charge in [-0.05, 0) is 54.3 Å². The fourth-order valence-corrected chi connectivity index (χ4v) is 4.64. The smallest absolute Gasteiger partial charge is 0.290 e. The molecule has 0 spiro atoms. The Morgan fingerprint density at radius 3 is 2.76 bits per heavy atom. The van der Waals surface area contributed by atoms with Crippen LogP contribution in [-0.2, 0) is 4.79 Å². The number of carbonyl (C=O) groups excluding carboxylic acids is 2. The van der Waals surface area contributed by atoms with Crippen molar-refractivity contribution in [1.82, 2.24) is 20.3 Å². The van der Waals surface area contributed by atoms with E-state index in [-0.39, 0.29) is 11.1 Å². The lowest BCUT2D eigenvalue weighted by Gasteiger charge is -2.32. The molecule has 7 nitrogen and oxygen atoms in total. The Labute approximate surface area is 171 Å². The van der Waals surface area contributed by atoms with E-state index in [1.165, 1.54) is 16.5 Å². The van der Waals surface area contributed by atoms with Crippen LogP contribution < -0.4 is 10.2 Å². The largest absolute Gasteiger partial charge is 0.361 e. The Bertz CT molecular complexity index is 1130.